The number of carbonyl (C=O) groups is 1. The van der Waals surface area contributed by atoms with Crippen molar-refractivity contribution >= 4 is 5.91 Å². The Balaban J connectivity index is 2.44. The third-order valence-corrected chi connectivity index (χ3v) is 2.36. The van der Waals surface area contributed by atoms with Crippen LogP contribution in [0.3, 0.4) is 0 Å². The van der Waals surface area contributed by atoms with Gasteiger partial charge in [0.05, 0.1) is 6.04 Å². The van der Waals surface area contributed by atoms with Crippen molar-refractivity contribution in [2.24, 2.45) is 5.73 Å². The van der Waals surface area contributed by atoms with Crippen molar-refractivity contribution in [3.63, 3.8) is 0 Å². The zero-order valence-electron chi connectivity index (χ0n) is 9.23. The number of rotatable bonds is 4. The lowest BCUT2D eigenvalue weighted by Gasteiger charge is -2.14. The Morgan fingerprint density at radius 1 is 1.33 bits per heavy atom. The molecule has 1 aromatic rings. The summed E-state index contributed by atoms with van der Waals surface area (Å²) < 4.78 is 0. The van der Waals surface area contributed by atoms with Gasteiger partial charge in [-0.1, -0.05) is 37.3 Å². The Kier molecular flexibility index (Phi) is 4.31. The number of hydrogen-bond acceptors (Lipinski definition) is 2. The highest BCUT2D eigenvalue weighted by Gasteiger charge is 2.09. The highest BCUT2D eigenvalue weighted by Crippen LogP contribution is 2.12. The van der Waals surface area contributed by atoms with E-state index in [0.717, 1.165) is 0 Å². The van der Waals surface area contributed by atoms with Gasteiger partial charge in [-0.3, -0.25) is 4.79 Å². The van der Waals surface area contributed by atoms with Gasteiger partial charge >= 0.3 is 0 Å². The third-order valence-electron chi connectivity index (χ3n) is 2.36. The summed E-state index contributed by atoms with van der Waals surface area (Å²) in [5.41, 5.74) is 6.67. The van der Waals surface area contributed by atoms with Crippen LogP contribution in [0.15, 0.2) is 30.3 Å². The molecule has 0 saturated carbocycles. The molecular weight excluding hydrogens is 188 g/mol. The van der Waals surface area contributed by atoms with Crippen LogP contribution in [0.5, 0.6) is 0 Å². The van der Waals surface area contributed by atoms with Crippen molar-refractivity contribution in [2.75, 3.05) is 6.54 Å². The van der Waals surface area contributed by atoms with Crippen LogP contribution in [0.2, 0.25) is 0 Å². The number of carbonyl (C=O) groups excluding carboxylic acids is 1. The lowest BCUT2D eigenvalue weighted by Crippen LogP contribution is -2.39. The van der Waals surface area contributed by atoms with Gasteiger partial charge in [-0.2, -0.15) is 0 Å². The third kappa shape index (κ3) is 3.72. The summed E-state index contributed by atoms with van der Waals surface area (Å²) in [6.45, 7) is 4.39. The van der Waals surface area contributed by atoms with Crippen LogP contribution in [0, 0.1) is 0 Å². The molecule has 3 N–H and O–H groups in total. The molecule has 0 radical (unpaired) electrons. The quantitative estimate of drug-likeness (QED) is 0.779. The second kappa shape index (κ2) is 5.51. The van der Waals surface area contributed by atoms with Gasteiger partial charge in [0.25, 0.3) is 0 Å². The largest absolute Gasteiger partial charge is 0.354 e. The van der Waals surface area contributed by atoms with Crippen molar-refractivity contribution in [1.82, 2.24) is 5.32 Å². The first-order valence-electron chi connectivity index (χ1n) is 5.19. The van der Waals surface area contributed by atoms with Crippen LogP contribution in [-0.4, -0.2) is 18.5 Å². The summed E-state index contributed by atoms with van der Waals surface area (Å²) in [6.07, 6.45) is 0. The minimum atomic E-state index is -0.437. The first-order chi connectivity index (χ1) is 7.11. The van der Waals surface area contributed by atoms with Crippen molar-refractivity contribution in [1.29, 1.82) is 0 Å². The van der Waals surface area contributed by atoms with Crippen LogP contribution in [-0.2, 0) is 4.79 Å². The summed E-state index contributed by atoms with van der Waals surface area (Å²) in [5, 5.41) is 2.82. The van der Waals surface area contributed by atoms with Gasteiger partial charge in [0.1, 0.15) is 0 Å². The molecule has 3 heteroatoms. The molecule has 0 heterocycles. The van der Waals surface area contributed by atoms with Crippen molar-refractivity contribution < 1.29 is 4.79 Å². The summed E-state index contributed by atoms with van der Waals surface area (Å²) in [4.78, 5) is 11.2. The molecule has 0 aliphatic heterocycles. The molecule has 3 nitrogen and oxygen atoms in total. The van der Waals surface area contributed by atoms with E-state index < -0.39 is 6.04 Å². The summed E-state index contributed by atoms with van der Waals surface area (Å²) >= 11 is 0. The molecule has 15 heavy (non-hydrogen) atoms. The number of nitrogens with one attached hydrogen (secondary N) is 1. The fourth-order valence-electron chi connectivity index (χ4n) is 1.31. The number of hydrogen-bond donors (Lipinski definition) is 2. The first-order valence-corrected chi connectivity index (χ1v) is 5.19. The van der Waals surface area contributed by atoms with Gasteiger partial charge in [0.2, 0.25) is 5.91 Å². The molecule has 1 rings (SSSR count). The molecule has 1 amide bonds. The highest BCUT2D eigenvalue weighted by molar-refractivity contribution is 5.80. The van der Waals surface area contributed by atoms with Crippen LogP contribution in [0.1, 0.15) is 25.3 Å². The van der Waals surface area contributed by atoms with Crippen molar-refractivity contribution in [2.45, 2.75) is 25.8 Å². The monoisotopic (exact) mass is 206 g/mol. The Hall–Kier alpha value is -1.35. The van der Waals surface area contributed by atoms with E-state index in [0.29, 0.717) is 12.5 Å². The SMILES string of the molecule is CC(CNC(=O)[C@@H](C)N)c1ccccc1. The second-order valence-electron chi connectivity index (χ2n) is 3.85. The minimum absolute atomic E-state index is 0.0993. The Labute approximate surface area is 90.7 Å². The van der Waals surface area contributed by atoms with E-state index in [1.807, 2.05) is 18.2 Å². The molecule has 0 fully saturated rings. The molecule has 0 spiro atoms. The molecule has 1 unspecified atom stereocenters. The van der Waals surface area contributed by atoms with Gasteiger partial charge in [-0.25, -0.2) is 0 Å². The molecule has 0 bridgehead atoms. The summed E-state index contributed by atoms with van der Waals surface area (Å²) in [6, 6.07) is 9.66. The lowest BCUT2D eigenvalue weighted by atomic mass is 10.0. The fourth-order valence-corrected chi connectivity index (χ4v) is 1.31. The average molecular weight is 206 g/mol. The molecule has 1 aromatic carbocycles. The van der Waals surface area contributed by atoms with E-state index in [4.69, 9.17) is 5.73 Å². The average Bonchev–Trinajstić information content (AvgIpc) is 2.26. The molecular formula is C12H18N2O. The fraction of sp³-hybridized carbons (Fsp3) is 0.417. The van der Waals surface area contributed by atoms with Crippen LogP contribution >= 0.6 is 0 Å². The zero-order chi connectivity index (χ0) is 11.3. The minimum Gasteiger partial charge on any atom is -0.354 e. The summed E-state index contributed by atoms with van der Waals surface area (Å²) in [7, 11) is 0. The topological polar surface area (TPSA) is 55.1 Å². The van der Waals surface area contributed by atoms with Crippen LogP contribution < -0.4 is 11.1 Å². The van der Waals surface area contributed by atoms with Gasteiger partial charge in [0.15, 0.2) is 0 Å². The van der Waals surface area contributed by atoms with Gasteiger partial charge in [0, 0.05) is 6.54 Å². The molecule has 0 aliphatic rings. The number of nitrogens with two attached hydrogens (primary N) is 1. The number of benzene rings is 1. The van der Waals surface area contributed by atoms with E-state index >= 15 is 0 Å². The lowest BCUT2D eigenvalue weighted by molar-refractivity contribution is -0.122. The Bertz CT molecular complexity index is 309. The Morgan fingerprint density at radius 3 is 2.47 bits per heavy atom. The van der Waals surface area contributed by atoms with Gasteiger partial charge < -0.3 is 11.1 Å². The van der Waals surface area contributed by atoms with E-state index in [1.165, 1.54) is 5.56 Å². The highest BCUT2D eigenvalue weighted by atomic mass is 16.2. The molecule has 0 aliphatic carbocycles. The maximum absolute atomic E-state index is 11.2. The van der Waals surface area contributed by atoms with Crippen molar-refractivity contribution in [3.05, 3.63) is 35.9 Å². The first kappa shape index (κ1) is 11.7. The molecule has 0 aromatic heterocycles. The molecule has 2 atom stereocenters. The maximum Gasteiger partial charge on any atom is 0.236 e. The maximum atomic E-state index is 11.2. The van der Waals surface area contributed by atoms with E-state index in [1.54, 1.807) is 6.92 Å². The number of amides is 1. The predicted octanol–water partition coefficient (Wildman–Crippen LogP) is 1.25. The Morgan fingerprint density at radius 2 is 1.93 bits per heavy atom. The van der Waals surface area contributed by atoms with Crippen LogP contribution in [0.4, 0.5) is 0 Å². The standard InChI is InChI=1S/C12H18N2O/c1-9(8-14-12(15)10(2)13)11-6-4-3-5-7-11/h3-7,9-10H,8,13H2,1-2H3,(H,14,15)/t9?,10-/m1/s1. The van der Waals surface area contributed by atoms with Crippen molar-refractivity contribution in [3.8, 4) is 0 Å². The normalized spacial score (nSPS) is 14.3. The second-order valence-corrected chi connectivity index (χ2v) is 3.85. The molecule has 82 valence electrons. The molecule has 0 saturated heterocycles. The predicted molar refractivity (Wildman–Crippen MR) is 61.5 cm³/mol. The van der Waals surface area contributed by atoms with Gasteiger partial charge in [-0.05, 0) is 18.4 Å². The van der Waals surface area contributed by atoms with Crippen LogP contribution in [0.25, 0.3) is 0 Å². The van der Waals surface area contributed by atoms with E-state index in [-0.39, 0.29) is 5.91 Å². The van der Waals surface area contributed by atoms with Gasteiger partial charge in [-0.15, -0.1) is 0 Å². The smallest absolute Gasteiger partial charge is 0.236 e. The van der Waals surface area contributed by atoms with E-state index in [9.17, 15) is 4.79 Å². The zero-order valence-corrected chi connectivity index (χ0v) is 9.23. The summed E-state index contributed by atoms with van der Waals surface area (Å²) in [5.74, 6) is 0.215. The van der Waals surface area contributed by atoms with E-state index in [2.05, 4.69) is 24.4 Å².